The molecule has 1 aliphatic rings. The molecule has 0 saturated heterocycles. The summed E-state index contributed by atoms with van der Waals surface area (Å²) in [6, 6.07) is 19.4. The van der Waals surface area contributed by atoms with Crippen molar-refractivity contribution in [3.8, 4) is 11.5 Å². The van der Waals surface area contributed by atoms with Crippen molar-refractivity contribution in [2.75, 3.05) is 27.2 Å². The Morgan fingerprint density at radius 2 is 1.88 bits per heavy atom. The summed E-state index contributed by atoms with van der Waals surface area (Å²) >= 11 is 1.48. The highest BCUT2D eigenvalue weighted by atomic mass is 32.2. The zero-order valence-electron chi connectivity index (χ0n) is 19.4. The van der Waals surface area contributed by atoms with E-state index in [-0.39, 0.29) is 11.7 Å². The van der Waals surface area contributed by atoms with Crippen molar-refractivity contribution in [1.82, 2.24) is 9.80 Å². The topological polar surface area (TPSA) is 53.0 Å². The van der Waals surface area contributed by atoms with Crippen LogP contribution in [-0.2, 0) is 19.5 Å². The number of phenolic OH excluding ortho intramolecular Hbond substituents is 1. The molecule has 33 heavy (non-hydrogen) atoms. The van der Waals surface area contributed by atoms with Crippen LogP contribution < -0.4 is 4.74 Å². The van der Waals surface area contributed by atoms with Crippen LogP contribution in [0.15, 0.2) is 70.5 Å². The van der Waals surface area contributed by atoms with E-state index in [0.29, 0.717) is 30.2 Å². The first kappa shape index (κ1) is 23.2. The van der Waals surface area contributed by atoms with Gasteiger partial charge in [0.15, 0.2) is 0 Å². The Balaban J connectivity index is 1.46. The molecule has 6 heteroatoms. The van der Waals surface area contributed by atoms with Crippen LogP contribution in [0.3, 0.4) is 0 Å². The maximum Gasteiger partial charge on any atom is 0.254 e. The van der Waals surface area contributed by atoms with E-state index >= 15 is 0 Å². The molecule has 1 amide bonds. The molecule has 0 unspecified atom stereocenters. The first-order chi connectivity index (χ1) is 15.9. The Labute approximate surface area is 200 Å². The van der Waals surface area contributed by atoms with Crippen molar-refractivity contribution in [1.29, 1.82) is 0 Å². The van der Waals surface area contributed by atoms with Gasteiger partial charge in [0.1, 0.15) is 18.1 Å². The molecule has 0 spiro atoms. The number of carbonyl (C=O) groups excluding carboxylic acids is 1. The highest BCUT2D eigenvalue weighted by Gasteiger charge is 2.25. The zero-order valence-corrected chi connectivity index (χ0v) is 20.2. The highest BCUT2D eigenvalue weighted by Crippen LogP contribution is 2.36. The molecule has 0 atom stereocenters. The number of carbonyl (C=O) groups is 1. The van der Waals surface area contributed by atoms with Gasteiger partial charge in [0, 0.05) is 30.1 Å². The molecule has 1 N–H and O–H groups in total. The number of phenols is 1. The first-order valence-electron chi connectivity index (χ1n) is 11.2. The summed E-state index contributed by atoms with van der Waals surface area (Å²) < 4.78 is 5.85. The van der Waals surface area contributed by atoms with Gasteiger partial charge in [-0.2, -0.15) is 0 Å². The lowest BCUT2D eigenvalue weighted by atomic mass is 10.1. The molecule has 3 aromatic carbocycles. The molecule has 0 saturated carbocycles. The second-order valence-corrected chi connectivity index (χ2v) is 9.64. The normalized spacial score (nSPS) is 12.8. The van der Waals surface area contributed by atoms with Crippen LogP contribution in [0.2, 0.25) is 0 Å². The van der Waals surface area contributed by atoms with Crippen LogP contribution in [0.5, 0.6) is 11.5 Å². The van der Waals surface area contributed by atoms with E-state index in [0.717, 1.165) is 34.7 Å². The molecular weight excluding hydrogens is 432 g/mol. The summed E-state index contributed by atoms with van der Waals surface area (Å²) in [4.78, 5) is 18.9. The van der Waals surface area contributed by atoms with E-state index in [9.17, 15) is 9.90 Å². The third-order valence-electron chi connectivity index (χ3n) is 5.74. The van der Waals surface area contributed by atoms with Gasteiger partial charge in [0.2, 0.25) is 0 Å². The van der Waals surface area contributed by atoms with E-state index in [1.54, 1.807) is 18.2 Å². The number of fused-ring (bicyclic) bond motifs is 1. The quantitative estimate of drug-likeness (QED) is 0.499. The van der Waals surface area contributed by atoms with Crippen molar-refractivity contribution in [2.45, 2.75) is 36.2 Å². The smallest absolute Gasteiger partial charge is 0.254 e. The van der Waals surface area contributed by atoms with Gasteiger partial charge < -0.3 is 19.6 Å². The average molecular weight is 463 g/mol. The Morgan fingerprint density at radius 3 is 2.67 bits per heavy atom. The van der Waals surface area contributed by atoms with Crippen molar-refractivity contribution >= 4 is 17.7 Å². The number of rotatable bonds is 8. The van der Waals surface area contributed by atoms with Gasteiger partial charge in [-0.05, 0) is 79.7 Å². The number of aromatic hydroxyl groups is 1. The Morgan fingerprint density at radius 1 is 1.06 bits per heavy atom. The maximum absolute atomic E-state index is 13.3. The third kappa shape index (κ3) is 5.70. The number of hydrogen-bond acceptors (Lipinski definition) is 5. The molecule has 1 heterocycles. The molecule has 1 aliphatic heterocycles. The van der Waals surface area contributed by atoms with Crippen LogP contribution in [0.25, 0.3) is 0 Å². The Bertz CT molecular complexity index is 1150. The van der Waals surface area contributed by atoms with E-state index < -0.39 is 0 Å². The molecule has 0 aliphatic carbocycles. The molecule has 0 fully saturated rings. The summed E-state index contributed by atoms with van der Waals surface area (Å²) in [5.41, 5.74) is 4.09. The molecule has 0 bridgehead atoms. The number of ether oxygens (including phenoxy) is 1. The molecule has 4 rings (SSSR count). The largest absolute Gasteiger partial charge is 0.507 e. The predicted octanol–water partition coefficient (Wildman–Crippen LogP) is 5.20. The van der Waals surface area contributed by atoms with Gasteiger partial charge in [-0.3, -0.25) is 4.79 Å². The summed E-state index contributed by atoms with van der Waals surface area (Å²) in [5.74, 6) is 0.982. The average Bonchev–Trinajstić information content (AvgIpc) is 3.23. The fourth-order valence-electron chi connectivity index (χ4n) is 3.82. The number of likely N-dealkylation sites (N-methyl/N-ethyl adjacent to an activating group) is 1. The fraction of sp³-hybridized carbons (Fsp3) is 0.296. The van der Waals surface area contributed by atoms with Gasteiger partial charge in [-0.1, -0.05) is 36.9 Å². The number of nitrogens with zero attached hydrogens (tertiary/aromatic N) is 2. The second-order valence-electron chi connectivity index (χ2n) is 8.53. The molecular formula is C27H30N2O3S. The SMILES string of the molecule is CCc1cccc(Sc2cc(C(=O)N3Cc4ccc(OCCN(C)C)cc4C3)ccc2O)c1. The number of amides is 1. The maximum atomic E-state index is 13.3. The lowest BCUT2D eigenvalue weighted by Gasteiger charge is -2.16. The lowest BCUT2D eigenvalue weighted by molar-refractivity contribution is 0.0751. The monoisotopic (exact) mass is 462 g/mol. The van der Waals surface area contributed by atoms with Crippen molar-refractivity contribution < 1.29 is 14.6 Å². The van der Waals surface area contributed by atoms with Gasteiger partial charge in [-0.15, -0.1) is 0 Å². The van der Waals surface area contributed by atoms with Crippen molar-refractivity contribution in [3.63, 3.8) is 0 Å². The Hall–Kier alpha value is -2.96. The van der Waals surface area contributed by atoms with Crippen LogP contribution in [0.4, 0.5) is 0 Å². The lowest BCUT2D eigenvalue weighted by Crippen LogP contribution is -2.25. The zero-order chi connectivity index (χ0) is 23.4. The van der Waals surface area contributed by atoms with E-state index in [1.807, 2.05) is 49.3 Å². The summed E-state index contributed by atoms with van der Waals surface area (Å²) in [5, 5.41) is 10.4. The number of aryl methyl sites for hydroxylation is 1. The van der Waals surface area contributed by atoms with Crippen LogP contribution in [0.1, 0.15) is 34.0 Å². The van der Waals surface area contributed by atoms with Crippen LogP contribution in [-0.4, -0.2) is 48.1 Å². The minimum absolute atomic E-state index is 0.0366. The van der Waals surface area contributed by atoms with Crippen LogP contribution in [0, 0.1) is 0 Å². The molecule has 5 nitrogen and oxygen atoms in total. The second kappa shape index (κ2) is 10.3. The van der Waals surface area contributed by atoms with E-state index in [4.69, 9.17) is 4.74 Å². The van der Waals surface area contributed by atoms with Gasteiger partial charge >= 0.3 is 0 Å². The van der Waals surface area contributed by atoms with Gasteiger partial charge in [-0.25, -0.2) is 0 Å². The van der Waals surface area contributed by atoms with Gasteiger partial charge in [0.05, 0.1) is 4.90 Å². The summed E-state index contributed by atoms with van der Waals surface area (Å²) in [6.07, 6.45) is 0.955. The minimum Gasteiger partial charge on any atom is -0.507 e. The van der Waals surface area contributed by atoms with Crippen molar-refractivity contribution in [2.24, 2.45) is 0 Å². The predicted molar refractivity (Wildman–Crippen MR) is 132 cm³/mol. The van der Waals surface area contributed by atoms with Crippen molar-refractivity contribution in [3.05, 3.63) is 82.9 Å². The summed E-state index contributed by atoms with van der Waals surface area (Å²) in [7, 11) is 4.04. The minimum atomic E-state index is -0.0366. The third-order valence-corrected chi connectivity index (χ3v) is 6.77. The Kier molecular flexibility index (Phi) is 7.26. The van der Waals surface area contributed by atoms with E-state index in [2.05, 4.69) is 24.0 Å². The van der Waals surface area contributed by atoms with Crippen LogP contribution >= 0.6 is 11.8 Å². The molecule has 0 aromatic heterocycles. The van der Waals surface area contributed by atoms with Gasteiger partial charge in [0.25, 0.3) is 5.91 Å². The summed E-state index contributed by atoms with van der Waals surface area (Å²) in [6.45, 7) is 4.73. The van der Waals surface area contributed by atoms with E-state index in [1.165, 1.54) is 17.3 Å². The highest BCUT2D eigenvalue weighted by molar-refractivity contribution is 7.99. The molecule has 3 aromatic rings. The number of benzene rings is 3. The number of hydrogen-bond donors (Lipinski definition) is 1. The molecule has 0 radical (unpaired) electrons. The standard InChI is InChI=1S/C27H30N2O3S/c1-4-19-6-5-7-24(14-19)33-26-16-20(9-11-25(26)30)27(31)29-17-21-8-10-23(15-22(21)18-29)32-13-12-28(2)3/h5-11,14-16,30H,4,12-13,17-18H2,1-3H3. The fourth-order valence-corrected chi connectivity index (χ4v) is 4.79. The first-order valence-corrected chi connectivity index (χ1v) is 12.0. The molecule has 172 valence electrons.